The van der Waals surface area contributed by atoms with E-state index in [1.54, 1.807) is 13.8 Å². The fourth-order valence-corrected chi connectivity index (χ4v) is 5.37. The molecule has 6 heteroatoms. The zero-order valence-corrected chi connectivity index (χ0v) is 20.9. The summed E-state index contributed by atoms with van der Waals surface area (Å²) in [7, 11) is 0. The minimum atomic E-state index is -0.901. The Labute approximate surface area is 190 Å². The fraction of sp³-hybridized carbons (Fsp3) is 0.583. The van der Waals surface area contributed by atoms with Gasteiger partial charge in [0.2, 0.25) is 0 Å². The van der Waals surface area contributed by atoms with Crippen LogP contribution in [-0.4, -0.2) is 23.3 Å². The largest absolute Gasteiger partial charge is 0.461 e. The zero-order chi connectivity index (χ0) is 22.9. The second kappa shape index (κ2) is 12.4. The second-order valence-electron chi connectivity index (χ2n) is 8.34. The first kappa shape index (κ1) is 26.6. The number of rotatable bonds is 7. The maximum absolute atomic E-state index is 12.2. The average Bonchev–Trinajstić information content (AvgIpc) is 3.11. The smallest absolute Gasteiger partial charge is 0.350 e. The molecule has 1 unspecified atom stereocenters. The molecule has 30 heavy (non-hydrogen) atoms. The van der Waals surface area contributed by atoms with Gasteiger partial charge in [0.15, 0.2) is 5.57 Å². The number of hydrogen-bond acceptors (Lipinski definition) is 6. The Morgan fingerprint density at radius 2 is 1.73 bits per heavy atom. The van der Waals surface area contributed by atoms with Gasteiger partial charge >= 0.3 is 5.97 Å². The number of hydrogen-bond donors (Lipinski definition) is 1. The highest BCUT2D eigenvalue weighted by molar-refractivity contribution is 8.24. The minimum absolute atomic E-state index is 0.0331. The molecule has 0 saturated heterocycles. The van der Waals surface area contributed by atoms with Gasteiger partial charge in [-0.25, -0.2) is 4.79 Å². The summed E-state index contributed by atoms with van der Waals surface area (Å²) in [4.78, 5) is 14.4. The lowest BCUT2D eigenvalue weighted by Gasteiger charge is -2.16. The molecule has 166 valence electrons. The standard InChI is InChI=1S/C17H19NO3S2.C7H16/c1-10-5-6-11(2)14-13(10)22-16(23-14)12(9-18)15(19)21-8-7-17(3,4)20;1-4-6-7(3)5-2/h5-6,20H,7-8H2,1-4H3;7H,4-6H2,1-3H3. The molecule has 0 fully saturated rings. The summed E-state index contributed by atoms with van der Waals surface area (Å²) in [6.07, 6.45) is 4.41. The Morgan fingerprint density at radius 1 is 1.20 bits per heavy atom. The van der Waals surface area contributed by atoms with Crippen molar-refractivity contribution in [1.29, 1.82) is 5.26 Å². The maximum atomic E-state index is 12.2. The quantitative estimate of drug-likeness (QED) is 0.281. The van der Waals surface area contributed by atoms with Gasteiger partial charge in [-0.3, -0.25) is 0 Å². The Balaban J connectivity index is 0.000000553. The zero-order valence-electron chi connectivity index (χ0n) is 19.3. The van der Waals surface area contributed by atoms with E-state index in [1.165, 1.54) is 42.8 Å². The highest BCUT2D eigenvalue weighted by atomic mass is 32.2. The number of ether oxygens (including phenoxy) is 1. The van der Waals surface area contributed by atoms with Crippen LogP contribution in [0.3, 0.4) is 0 Å². The average molecular weight is 450 g/mol. The number of carbonyl (C=O) groups excluding carboxylic acids is 1. The van der Waals surface area contributed by atoms with E-state index in [9.17, 15) is 15.2 Å². The first-order valence-corrected chi connectivity index (χ1v) is 12.2. The molecule has 0 radical (unpaired) electrons. The predicted molar refractivity (Wildman–Crippen MR) is 127 cm³/mol. The molecule has 1 aliphatic rings. The van der Waals surface area contributed by atoms with Crippen LogP contribution < -0.4 is 0 Å². The number of fused-ring (bicyclic) bond motifs is 1. The van der Waals surface area contributed by atoms with Crippen LogP contribution in [0.4, 0.5) is 0 Å². The summed E-state index contributed by atoms with van der Waals surface area (Å²) in [5.41, 5.74) is 1.39. The normalized spacial score (nSPS) is 13.6. The lowest BCUT2D eigenvalue weighted by atomic mass is 10.0. The topological polar surface area (TPSA) is 70.3 Å². The van der Waals surface area contributed by atoms with Gasteiger partial charge in [0.05, 0.1) is 16.4 Å². The van der Waals surface area contributed by atoms with Gasteiger partial charge in [0, 0.05) is 16.2 Å². The number of aryl methyl sites for hydroxylation is 2. The van der Waals surface area contributed by atoms with E-state index in [1.807, 2.05) is 32.0 Å². The number of nitriles is 1. The van der Waals surface area contributed by atoms with E-state index in [2.05, 4.69) is 20.8 Å². The molecule has 1 heterocycles. The van der Waals surface area contributed by atoms with Crippen molar-refractivity contribution in [2.75, 3.05) is 6.61 Å². The van der Waals surface area contributed by atoms with Crippen molar-refractivity contribution in [3.8, 4) is 6.07 Å². The van der Waals surface area contributed by atoms with Crippen LogP contribution >= 0.6 is 23.5 Å². The third-order valence-electron chi connectivity index (χ3n) is 4.84. The van der Waals surface area contributed by atoms with Crippen LogP contribution in [0, 0.1) is 31.1 Å². The summed E-state index contributed by atoms with van der Waals surface area (Å²) >= 11 is 2.89. The molecular formula is C24H35NO3S2. The SMILES string of the molecule is CCCC(C)CC.Cc1ccc(C)c2c1SC(=C(C#N)C(=O)OCCC(C)(C)O)S2. The van der Waals surface area contributed by atoms with Crippen LogP contribution in [0.2, 0.25) is 0 Å². The first-order valence-electron chi connectivity index (χ1n) is 10.5. The molecule has 4 nitrogen and oxygen atoms in total. The lowest BCUT2D eigenvalue weighted by molar-refractivity contribution is -0.139. The highest BCUT2D eigenvalue weighted by Crippen LogP contribution is 2.54. The van der Waals surface area contributed by atoms with Crippen molar-refractivity contribution in [3.63, 3.8) is 0 Å². The van der Waals surface area contributed by atoms with E-state index in [4.69, 9.17) is 4.74 Å². The molecule has 0 aromatic heterocycles. The third-order valence-corrected chi connectivity index (χ3v) is 7.71. The van der Waals surface area contributed by atoms with Crippen LogP contribution in [0.5, 0.6) is 0 Å². The first-order chi connectivity index (χ1) is 14.0. The molecule has 1 aliphatic heterocycles. The van der Waals surface area contributed by atoms with Gasteiger partial charge in [-0.05, 0) is 44.7 Å². The van der Waals surface area contributed by atoms with E-state index in [-0.39, 0.29) is 12.2 Å². The van der Waals surface area contributed by atoms with E-state index in [0.717, 1.165) is 26.8 Å². The molecule has 0 amide bonds. The Morgan fingerprint density at radius 3 is 2.10 bits per heavy atom. The third kappa shape index (κ3) is 8.37. The lowest BCUT2D eigenvalue weighted by Crippen LogP contribution is -2.22. The maximum Gasteiger partial charge on any atom is 0.350 e. The number of nitrogens with zero attached hydrogens (tertiary/aromatic N) is 1. The molecular weight excluding hydrogens is 414 g/mol. The van der Waals surface area contributed by atoms with Gasteiger partial charge in [-0.1, -0.05) is 75.7 Å². The summed E-state index contributed by atoms with van der Waals surface area (Å²) < 4.78 is 5.80. The molecule has 1 aromatic carbocycles. The predicted octanol–water partition coefficient (Wildman–Crippen LogP) is 6.77. The summed E-state index contributed by atoms with van der Waals surface area (Å²) in [6, 6.07) is 6.05. The van der Waals surface area contributed by atoms with Crippen molar-refractivity contribution >= 4 is 29.5 Å². The van der Waals surface area contributed by atoms with Crippen molar-refractivity contribution in [1.82, 2.24) is 0 Å². The van der Waals surface area contributed by atoms with Gasteiger partial charge in [0.1, 0.15) is 6.07 Å². The molecule has 1 atom stereocenters. The van der Waals surface area contributed by atoms with Crippen molar-refractivity contribution < 1.29 is 14.6 Å². The highest BCUT2D eigenvalue weighted by Gasteiger charge is 2.28. The Kier molecular flexibility index (Phi) is 11.0. The Hall–Kier alpha value is -1.42. The number of benzene rings is 1. The van der Waals surface area contributed by atoms with Gasteiger partial charge in [-0.15, -0.1) is 0 Å². The van der Waals surface area contributed by atoms with E-state index >= 15 is 0 Å². The minimum Gasteiger partial charge on any atom is -0.461 e. The van der Waals surface area contributed by atoms with Crippen LogP contribution in [0.1, 0.15) is 71.4 Å². The number of esters is 1. The van der Waals surface area contributed by atoms with Crippen LogP contribution in [0.25, 0.3) is 0 Å². The van der Waals surface area contributed by atoms with Crippen molar-refractivity contribution in [2.45, 2.75) is 89.5 Å². The van der Waals surface area contributed by atoms with E-state index < -0.39 is 11.6 Å². The van der Waals surface area contributed by atoms with Crippen molar-refractivity contribution in [3.05, 3.63) is 33.1 Å². The van der Waals surface area contributed by atoms with E-state index in [0.29, 0.717) is 10.7 Å². The number of thioether (sulfide) groups is 2. The molecule has 0 saturated carbocycles. The fourth-order valence-electron chi connectivity index (χ4n) is 2.66. The summed E-state index contributed by atoms with van der Waals surface area (Å²) in [5.74, 6) is 0.319. The summed E-state index contributed by atoms with van der Waals surface area (Å²) in [5, 5.41) is 19.0. The monoisotopic (exact) mass is 449 g/mol. The van der Waals surface area contributed by atoms with Crippen LogP contribution in [0.15, 0.2) is 31.7 Å². The van der Waals surface area contributed by atoms with Crippen molar-refractivity contribution in [2.24, 2.45) is 5.92 Å². The Bertz CT molecular complexity index is 771. The molecule has 0 spiro atoms. The van der Waals surface area contributed by atoms with Gasteiger partial charge in [0.25, 0.3) is 0 Å². The molecule has 1 N–H and O–H groups in total. The summed E-state index contributed by atoms with van der Waals surface area (Å²) in [6.45, 7) is 14.2. The van der Waals surface area contributed by atoms with Crippen LogP contribution in [-0.2, 0) is 9.53 Å². The number of aliphatic hydroxyl groups is 1. The molecule has 0 bridgehead atoms. The van der Waals surface area contributed by atoms with Gasteiger partial charge in [-0.2, -0.15) is 5.26 Å². The van der Waals surface area contributed by atoms with Gasteiger partial charge < -0.3 is 9.84 Å². The molecule has 2 rings (SSSR count). The molecule has 1 aromatic rings. The molecule has 0 aliphatic carbocycles. The second-order valence-corrected chi connectivity index (χ2v) is 10.6. The number of carbonyl (C=O) groups is 1.